The number of benzene rings is 1. The third kappa shape index (κ3) is 5.25. The van der Waals surface area contributed by atoms with E-state index in [2.05, 4.69) is 0 Å². The van der Waals surface area contributed by atoms with Gasteiger partial charge in [-0.3, -0.25) is 4.79 Å². The quantitative estimate of drug-likeness (QED) is 0.863. The van der Waals surface area contributed by atoms with E-state index in [1.165, 1.54) is 0 Å². The fraction of sp³-hybridized carbons (Fsp3) is 0.462. The van der Waals surface area contributed by atoms with Crippen molar-refractivity contribution in [2.24, 2.45) is 5.73 Å². The van der Waals surface area contributed by atoms with Gasteiger partial charge in [-0.1, -0.05) is 23.2 Å². The van der Waals surface area contributed by atoms with Gasteiger partial charge in [-0.2, -0.15) is 0 Å². The van der Waals surface area contributed by atoms with Gasteiger partial charge in [-0.25, -0.2) is 0 Å². The number of hydrogen-bond donors (Lipinski definition) is 1. The maximum Gasteiger partial charge on any atom is 0.308 e. The minimum Gasteiger partial charge on any atom is -0.460 e. The molecule has 0 amide bonds. The summed E-state index contributed by atoms with van der Waals surface area (Å²) in [5.74, 6) is -0.342. The summed E-state index contributed by atoms with van der Waals surface area (Å²) in [5, 5.41) is 0.995. The molecule has 0 fully saturated rings. The minimum atomic E-state index is -0.511. The average molecular weight is 290 g/mol. The largest absolute Gasteiger partial charge is 0.460 e. The Kier molecular flexibility index (Phi) is 5.02. The van der Waals surface area contributed by atoms with Crippen molar-refractivity contribution in [1.82, 2.24) is 0 Å². The number of ether oxygens (including phenoxy) is 1. The molecule has 18 heavy (non-hydrogen) atoms. The first kappa shape index (κ1) is 15.3. The number of rotatable bonds is 3. The lowest BCUT2D eigenvalue weighted by atomic mass is 10.0. The highest BCUT2D eigenvalue weighted by atomic mass is 35.5. The molecule has 0 aromatic heterocycles. The van der Waals surface area contributed by atoms with E-state index in [0.29, 0.717) is 10.0 Å². The Morgan fingerprint density at radius 1 is 1.28 bits per heavy atom. The molecule has 0 aliphatic carbocycles. The van der Waals surface area contributed by atoms with Crippen molar-refractivity contribution in [3.63, 3.8) is 0 Å². The zero-order valence-corrected chi connectivity index (χ0v) is 12.2. The number of nitrogens with two attached hydrogens (primary N) is 1. The third-order valence-corrected chi connectivity index (χ3v) is 2.56. The highest BCUT2D eigenvalue weighted by Gasteiger charge is 2.19. The second-order valence-corrected chi connectivity index (χ2v) is 5.97. The zero-order chi connectivity index (χ0) is 13.9. The summed E-state index contributed by atoms with van der Waals surface area (Å²) in [6.45, 7) is 5.44. The molecule has 0 bridgehead atoms. The summed E-state index contributed by atoms with van der Waals surface area (Å²) in [4.78, 5) is 11.6. The third-order valence-electron chi connectivity index (χ3n) is 2.12. The van der Waals surface area contributed by atoms with Gasteiger partial charge in [0.1, 0.15) is 5.60 Å². The Hall–Kier alpha value is -0.770. The van der Waals surface area contributed by atoms with Crippen molar-refractivity contribution < 1.29 is 9.53 Å². The molecule has 0 saturated carbocycles. The highest BCUT2D eigenvalue weighted by Crippen LogP contribution is 2.24. The van der Waals surface area contributed by atoms with E-state index in [0.717, 1.165) is 5.56 Å². The predicted molar refractivity (Wildman–Crippen MR) is 73.9 cm³/mol. The molecule has 0 saturated heterocycles. The summed E-state index contributed by atoms with van der Waals surface area (Å²) in [6, 6.07) is 4.54. The van der Waals surface area contributed by atoms with Crippen molar-refractivity contribution >= 4 is 29.2 Å². The minimum absolute atomic E-state index is 0.0912. The van der Waals surface area contributed by atoms with Crippen molar-refractivity contribution in [2.45, 2.75) is 38.8 Å². The van der Waals surface area contributed by atoms with Crippen LogP contribution in [0.25, 0.3) is 0 Å². The first-order valence-corrected chi connectivity index (χ1v) is 6.36. The van der Waals surface area contributed by atoms with Gasteiger partial charge in [0.2, 0.25) is 0 Å². The predicted octanol–water partition coefficient (Wildman–Crippen LogP) is 3.73. The SMILES string of the molecule is CC(C)(C)OC(=O)CC(N)c1cc(Cl)cc(Cl)c1. The zero-order valence-electron chi connectivity index (χ0n) is 10.7. The van der Waals surface area contributed by atoms with Crippen LogP contribution in [0.5, 0.6) is 0 Å². The van der Waals surface area contributed by atoms with Crippen LogP contribution in [0.1, 0.15) is 38.8 Å². The number of carbonyl (C=O) groups excluding carboxylic acids is 1. The molecule has 5 heteroatoms. The lowest BCUT2D eigenvalue weighted by molar-refractivity contribution is -0.155. The Balaban J connectivity index is 2.70. The monoisotopic (exact) mass is 289 g/mol. The molecule has 3 nitrogen and oxygen atoms in total. The molecule has 1 rings (SSSR count). The normalized spacial score (nSPS) is 13.2. The molecule has 1 unspecified atom stereocenters. The van der Waals surface area contributed by atoms with Gasteiger partial charge in [0.05, 0.1) is 6.42 Å². The molecule has 1 aromatic carbocycles. The standard InChI is InChI=1S/C13H17Cl2NO2/c1-13(2,3)18-12(17)7-11(16)8-4-9(14)6-10(15)5-8/h4-6,11H,7,16H2,1-3H3. The molecule has 0 aliphatic rings. The second-order valence-electron chi connectivity index (χ2n) is 5.10. The molecule has 1 atom stereocenters. The summed E-state index contributed by atoms with van der Waals surface area (Å²) in [7, 11) is 0. The first-order chi connectivity index (χ1) is 8.17. The van der Waals surface area contributed by atoms with Crippen molar-refractivity contribution in [3.8, 4) is 0 Å². The average Bonchev–Trinajstić information content (AvgIpc) is 2.12. The second kappa shape index (κ2) is 5.91. The number of esters is 1. The van der Waals surface area contributed by atoms with E-state index in [-0.39, 0.29) is 12.4 Å². The molecule has 100 valence electrons. The Labute approximate surface area is 117 Å². The van der Waals surface area contributed by atoms with Crippen LogP contribution >= 0.6 is 23.2 Å². The lowest BCUT2D eigenvalue weighted by Gasteiger charge is -2.21. The van der Waals surface area contributed by atoms with E-state index >= 15 is 0 Å². The maximum atomic E-state index is 11.6. The van der Waals surface area contributed by atoms with E-state index in [9.17, 15) is 4.79 Å². The summed E-state index contributed by atoms with van der Waals surface area (Å²) >= 11 is 11.8. The Morgan fingerprint density at radius 3 is 2.22 bits per heavy atom. The van der Waals surface area contributed by atoms with E-state index in [1.807, 2.05) is 20.8 Å². The van der Waals surface area contributed by atoms with Gasteiger partial charge in [-0.15, -0.1) is 0 Å². The van der Waals surface area contributed by atoms with Crippen LogP contribution in [0.2, 0.25) is 10.0 Å². The fourth-order valence-electron chi connectivity index (χ4n) is 1.47. The lowest BCUT2D eigenvalue weighted by Crippen LogP contribution is -2.26. The van der Waals surface area contributed by atoms with Gasteiger partial charge in [0.15, 0.2) is 0 Å². The van der Waals surface area contributed by atoms with Crippen LogP contribution in [0.15, 0.2) is 18.2 Å². The van der Waals surface area contributed by atoms with E-state index < -0.39 is 11.6 Å². The van der Waals surface area contributed by atoms with Crippen LogP contribution in [-0.4, -0.2) is 11.6 Å². The highest BCUT2D eigenvalue weighted by molar-refractivity contribution is 6.34. The summed E-state index contributed by atoms with van der Waals surface area (Å²) in [5.41, 5.74) is 6.14. The molecular formula is C13H17Cl2NO2. The van der Waals surface area contributed by atoms with Crippen molar-refractivity contribution in [2.75, 3.05) is 0 Å². The Bertz CT molecular complexity index is 421. The number of carbonyl (C=O) groups is 1. The van der Waals surface area contributed by atoms with Crippen LogP contribution in [0, 0.1) is 0 Å². The summed E-state index contributed by atoms with van der Waals surface area (Å²) in [6.07, 6.45) is 0.0912. The smallest absolute Gasteiger partial charge is 0.308 e. The molecule has 0 spiro atoms. The van der Waals surface area contributed by atoms with Crippen LogP contribution in [-0.2, 0) is 9.53 Å². The molecule has 1 aromatic rings. The van der Waals surface area contributed by atoms with Gasteiger partial charge >= 0.3 is 5.97 Å². The van der Waals surface area contributed by atoms with Gasteiger partial charge < -0.3 is 10.5 Å². The van der Waals surface area contributed by atoms with Crippen LogP contribution < -0.4 is 5.73 Å². The number of hydrogen-bond acceptors (Lipinski definition) is 3. The van der Waals surface area contributed by atoms with Crippen LogP contribution in [0.4, 0.5) is 0 Å². The molecule has 0 aliphatic heterocycles. The number of halogens is 2. The summed E-state index contributed by atoms with van der Waals surface area (Å²) < 4.78 is 5.21. The Morgan fingerprint density at radius 2 is 1.78 bits per heavy atom. The first-order valence-electron chi connectivity index (χ1n) is 5.61. The van der Waals surface area contributed by atoms with Crippen molar-refractivity contribution in [1.29, 1.82) is 0 Å². The molecule has 2 N–H and O–H groups in total. The molecule has 0 heterocycles. The van der Waals surface area contributed by atoms with E-state index in [1.54, 1.807) is 18.2 Å². The van der Waals surface area contributed by atoms with Gasteiger partial charge in [0.25, 0.3) is 0 Å². The fourth-order valence-corrected chi connectivity index (χ4v) is 2.01. The van der Waals surface area contributed by atoms with Gasteiger partial charge in [0, 0.05) is 16.1 Å². The maximum absolute atomic E-state index is 11.6. The van der Waals surface area contributed by atoms with E-state index in [4.69, 9.17) is 33.7 Å². The topological polar surface area (TPSA) is 52.3 Å². The van der Waals surface area contributed by atoms with Gasteiger partial charge in [-0.05, 0) is 44.5 Å². The van der Waals surface area contributed by atoms with Crippen LogP contribution in [0.3, 0.4) is 0 Å². The molecular weight excluding hydrogens is 273 g/mol. The molecule has 0 radical (unpaired) electrons. The van der Waals surface area contributed by atoms with Crippen molar-refractivity contribution in [3.05, 3.63) is 33.8 Å².